The van der Waals surface area contributed by atoms with Gasteiger partial charge in [-0.2, -0.15) is 0 Å². The van der Waals surface area contributed by atoms with Crippen LogP contribution in [0.3, 0.4) is 0 Å². The third-order valence-corrected chi connectivity index (χ3v) is 2.47. The SMILES string of the molecule is Nc1cccc(Oc2cc(Br)ccc2F)c1. The molecule has 2 nitrogen and oxygen atoms in total. The van der Waals surface area contributed by atoms with Crippen LogP contribution >= 0.6 is 15.9 Å². The van der Waals surface area contributed by atoms with Gasteiger partial charge in [0.2, 0.25) is 0 Å². The molecule has 0 saturated carbocycles. The van der Waals surface area contributed by atoms with Crippen molar-refractivity contribution in [1.29, 1.82) is 0 Å². The summed E-state index contributed by atoms with van der Waals surface area (Å²) in [6.07, 6.45) is 0. The van der Waals surface area contributed by atoms with E-state index in [0.29, 0.717) is 11.4 Å². The molecule has 4 heteroatoms. The molecule has 0 saturated heterocycles. The van der Waals surface area contributed by atoms with Crippen molar-refractivity contribution >= 4 is 21.6 Å². The second-order valence-corrected chi connectivity index (χ2v) is 4.16. The lowest BCUT2D eigenvalue weighted by molar-refractivity contribution is 0.442. The van der Waals surface area contributed by atoms with Gasteiger partial charge >= 0.3 is 0 Å². The standard InChI is InChI=1S/C12H9BrFNO/c13-8-4-5-11(14)12(6-8)16-10-3-1-2-9(15)7-10/h1-7H,15H2. The number of hydrogen-bond acceptors (Lipinski definition) is 2. The number of rotatable bonds is 2. The zero-order chi connectivity index (χ0) is 11.5. The van der Waals surface area contributed by atoms with Gasteiger partial charge < -0.3 is 10.5 Å². The van der Waals surface area contributed by atoms with Crippen molar-refractivity contribution < 1.29 is 9.13 Å². The van der Waals surface area contributed by atoms with Crippen LogP contribution in [0.2, 0.25) is 0 Å². The highest BCUT2D eigenvalue weighted by molar-refractivity contribution is 9.10. The lowest BCUT2D eigenvalue weighted by Crippen LogP contribution is -1.90. The number of halogens is 2. The van der Waals surface area contributed by atoms with Crippen molar-refractivity contribution in [2.45, 2.75) is 0 Å². The van der Waals surface area contributed by atoms with Crippen molar-refractivity contribution in [3.8, 4) is 11.5 Å². The van der Waals surface area contributed by atoms with Crippen molar-refractivity contribution in [3.05, 3.63) is 52.8 Å². The fourth-order valence-electron chi connectivity index (χ4n) is 1.26. The highest BCUT2D eigenvalue weighted by Gasteiger charge is 2.05. The number of anilines is 1. The zero-order valence-corrected chi connectivity index (χ0v) is 9.87. The molecule has 0 radical (unpaired) electrons. The molecule has 0 aliphatic rings. The van der Waals surface area contributed by atoms with E-state index in [1.54, 1.807) is 36.4 Å². The van der Waals surface area contributed by atoms with E-state index in [1.807, 2.05) is 0 Å². The summed E-state index contributed by atoms with van der Waals surface area (Å²) in [5, 5.41) is 0. The van der Waals surface area contributed by atoms with Crippen LogP contribution in [0, 0.1) is 5.82 Å². The highest BCUT2D eigenvalue weighted by atomic mass is 79.9. The highest BCUT2D eigenvalue weighted by Crippen LogP contribution is 2.28. The minimum atomic E-state index is -0.411. The van der Waals surface area contributed by atoms with E-state index in [0.717, 1.165) is 4.47 Å². The average molecular weight is 282 g/mol. The Morgan fingerprint density at radius 1 is 1.12 bits per heavy atom. The molecule has 0 unspecified atom stereocenters. The van der Waals surface area contributed by atoms with Gasteiger partial charge in [-0.05, 0) is 30.3 Å². The van der Waals surface area contributed by atoms with Crippen molar-refractivity contribution in [3.63, 3.8) is 0 Å². The Morgan fingerprint density at radius 2 is 1.94 bits per heavy atom. The monoisotopic (exact) mass is 281 g/mol. The van der Waals surface area contributed by atoms with Gasteiger partial charge in [0, 0.05) is 16.2 Å². The Balaban J connectivity index is 2.30. The fraction of sp³-hybridized carbons (Fsp3) is 0. The van der Waals surface area contributed by atoms with Crippen LogP contribution in [0.25, 0.3) is 0 Å². The van der Waals surface area contributed by atoms with Gasteiger partial charge in [0.25, 0.3) is 0 Å². The first-order valence-corrected chi connectivity index (χ1v) is 5.43. The molecule has 0 heterocycles. The molecule has 0 aromatic heterocycles. The number of nitrogen functional groups attached to an aromatic ring is 1. The second kappa shape index (κ2) is 4.53. The zero-order valence-electron chi connectivity index (χ0n) is 8.28. The summed E-state index contributed by atoms with van der Waals surface area (Å²) >= 11 is 3.25. The average Bonchev–Trinajstić information content (AvgIpc) is 2.24. The molecule has 0 spiro atoms. The Bertz CT molecular complexity index is 516. The lowest BCUT2D eigenvalue weighted by atomic mass is 10.3. The first-order valence-electron chi connectivity index (χ1n) is 4.63. The van der Waals surface area contributed by atoms with E-state index >= 15 is 0 Å². The molecule has 16 heavy (non-hydrogen) atoms. The largest absolute Gasteiger partial charge is 0.454 e. The van der Waals surface area contributed by atoms with Gasteiger partial charge in [-0.15, -0.1) is 0 Å². The Hall–Kier alpha value is -1.55. The second-order valence-electron chi connectivity index (χ2n) is 3.25. The van der Waals surface area contributed by atoms with E-state index in [9.17, 15) is 4.39 Å². The molecule has 0 amide bonds. The summed E-state index contributed by atoms with van der Waals surface area (Å²) in [6.45, 7) is 0. The van der Waals surface area contributed by atoms with Gasteiger partial charge in [-0.25, -0.2) is 4.39 Å². The van der Waals surface area contributed by atoms with Crippen LogP contribution in [0.4, 0.5) is 10.1 Å². The molecule has 2 aromatic rings. The molecule has 2 aromatic carbocycles. The van der Waals surface area contributed by atoms with Crippen molar-refractivity contribution in [2.24, 2.45) is 0 Å². The molecular weight excluding hydrogens is 273 g/mol. The molecule has 2 N–H and O–H groups in total. The topological polar surface area (TPSA) is 35.2 Å². The Labute approximate surface area is 101 Å². The van der Waals surface area contributed by atoms with Gasteiger partial charge in [-0.3, -0.25) is 0 Å². The number of benzene rings is 2. The van der Waals surface area contributed by atoms with E-state index in [1.165, 1.54) is 6.07 Å². The Kier molecular flexibility index (Phi) is 3.10. The summed E-state index contributed by atoms with van der Waals surface area (Å²) in [6, 6.07) is 11.4. The number of ether oxygens (including phenoxy) is 1. The maximum Gasteiger partial charge on any atom is 0.165 e. The number of nitrogens with two attached hydrogens (primary N) is 1. The van der Waals surface area contributed by atoms with E-state index in [4.69, 9.17) is 10.5 Å². The smallest absolute Gasteiger partial charge is 0.165 e. The van der Waals surface area contributed by atoms with Crippen LogP contribution in [-0.4, -0.2) is 0 Å². The molecule has 0 atom stereocenters. The molecule has 0 fully saturated rings. The Morgan fingerprint density at radius 3 is 2.69 bits per heavy atom. The first kappa shape index (κ1) is 11.0. The van der Waals surface area contributed by atoms with Gasteiger partial charge in [-0.1, -0.05) is 22.0 Å². The van der Waals surface area contributed by atoms with Gasteiger partial charge in [0.15, 0.2) is 11.6 Å². The fourth-order valence-corrected chi connectivity index (χ4v) is 1.60. The minimum absolute atomic E-state index is 0.167. The maximum atomic E-state index is 13.4. The quantitative estimate of drug-likeness (QED) is 0.846. The van der Waals surface area contributed by atoms with Crippen LogP contribution in [0.15, 0.2) is 46.9 Å². The predicted octanol–water partition coefficient (Wildman–Crippen LogP) is 3.96. The van der Waals surface area contributed by atoms with Crippen molar-refractivity contribution in [1.82, 2.24) is 0 Å². The van der Waals surface area contributed by atoms with Crippen LogP contribution in [-0.2, 0) is 0 Å². The summed E-state index contributed by atoms with van der Waals surface area (Å²) in [7, 11) is 0. The molecule has 2 rings (SSSR count). The summed E-state index contributed by atoms with van der Waals surface area (Å²) in [5.41, 5.74) is 6.17. The molecule has 82 valence electrons. The lowest BCUT2D eigenvalue weighted by Gasteiger charge is -2.07. The molecule has 0 aliphatic carbocycles. The number of hydrogen-bond donors (Lipinski definition) is 1. The summed E-state index contributed by atoms with van der Waals surface area (Å²) in [5.74, 6) is 0.266. The van der Waals surface area contributed by atoms with E-state index in [2.05, 4.69) is 15.9 Å². The summed E-state index contributed by atoms with van der Waals surface area (Å²) in [4.78, 5) is 0. The minimum Gasteiger partial charge on any atom is -0.454 e. The first-order chi connectivity index (χ1) is 7.65. The van der Waals surface area contributed by atoms with E-state index in [-0.39, 0.29) is 5.75 Å². The maximum absolute atomic E-state index is 13.4. The summed E-state index contributed by atoms with van der Waals surface area (Å²) < 4.78 is 19.5. The van der Waals surface area contributed by atoms with Crippen LogP contribution in [0.1, 0.15) is 0 Å². The third-order valence-electron chi connectivity index (χ3n) is 1.98. The van der Waals surface area contributed by atoms with Gasteiger partial charge in [0.05, 0.1) is 0 Å². The van der Waals surface area contributed by atoms with E-state index < -0.39 is 5.82 Å². The van der Waals surface area contributed by atoms with Crippen molar-refractivity contribution in [2.75, 3.05) is 5.73 Å². The third kappa shape index (κ3) is 2.52. The van der Waals surface area contributed by atoms with Gasteiger partial charge in [0.1, 0.15) is 5.75 Å². The van der Waals surface area contributed by atoms with Crippen LogP contribution in [0.5, 0.6) is 11.5 Å². The molecule has 0 bridgehead atoms. The van der Waals surface area contributed by atoms with Crippen LogP contribution < -0.4 is 10.5 Å². The predicted molar refractivity (Wildman–Crippen MR) is 65.0 cm³/mol. The molecular formula is C12H9BrFNO. The molecule has 0 aliphatic heterocycles. The normalized spacial score (nSPS) is 10.1.